The minimum atomic E-state index is -3.87. The van der Waals surface area contributed by atoms with E-state index in [-0.39, 0.29) is 28.7 Å². The van der Waals surface area contributed by atoms with Crippen molar-refractivity contribution in [1.82, 2.24) is 19.7 Å². The maximum absolute atomic E-state index is 12.7. The Balaban J connectivity index is 2.30. The van der Waals surface area contributed by atoms with Gasteiger partial charge in [0.1, 0.15) is 5.75 Å². The van der Waals surface area contributed by atoms with Crippen LogP contribution in [-0.4, -0.2) is 42.5 Å². The van der Waals surface area contributed by atoms with Gasteiger partial charge in [-0.25, -0.2) is 13.1 Å². The molecule has 1 heterocycles. The highest BCUT2D eigenvalue weighted by atomic mass is 32.2. The summed E-state index contributed by atoms with van der Waals surface area (Å²) in [4.78, 5) is 12.9. The molecule has 1 aromatic heterocycles. The van der Waals surface area contributed by atoms with Crippen LogP contribution in [0.5, 0.6) is 5.75 Å². The Hall–Kier alpha value is -2.46. The number of carbonyl (C=O) groups is 1. The molecule has 0 bridgehead atoms. The Morgan fingerprint density at radius 3 is 2.48 bits per heavy atom. The number of nitrogens with two attached hydrogens (primary N) is 1. The van der Waals surface area contributed by atoms with Gasteiger partial charge >= 0.3 is 0 Å². The highest BCUT2D eigenvalue weighted by Gasteiger charge is 2.25. The van der Waals surface area contributed by atoms with Crippen LogP contribution >= 0.6 is 0 Å². The molecular formula is C15H21N5O4S. The molecule has 9 nitrogen and oxygen atoms in total. The average Bonchev–Trinajstić information content (AvgIpc) is 3.06. The van der Waals surface area contributed by atoms with E-state index in [9.17, 15) is 13.2 Å². The van der Waals surface area contributed by atoms with Crippen molar-refractivity contribution in [3.05, 3.63) is 36.2 Å². The summed E-state index contributed by atoms with van der Waals surface area (Å²) in [5, 5.41) is 7.99. The molecule has 0 fully saturated rings. The van der Waals surface area contributed by atoms with Crippen molar-refractivity contribution in [1.29, 1.82) is 0 Å². The van der Waals surface area contributed by atoms with E-state index in [1.165, 1.54) is 42.5 Å². The summed E-state index contributed by atoms with van der Waals surface area (Å²) in [5.74, 6) is -0.558. The number of hydrogen-bond donors (Lipinski definition) is 2. The van der Waals surface area contributed by atoms with Gasteiger partial charge < -0.3 is 10.5 Å². The lowest BCUT2D eigenvalue weighted by Crippen LogP contribution is -2.42. The van der Waals surface area contributed by atoms with Crippen LogP contribution in [0, 0.1) is 5.92 Å². The molecule has 0 aliphatic carbocycles. The summed E-state index contributed by atoms with van der Waals surface area (Å²) in [7, 11) is -2.50. The fraction of sp³-hybridized carbons (Fsp3) is 0.400. The van der Waals surface area contributed by atoms with Crippen molar-refractivity contribution >= 4 is 15.9 Å². The maximum Gasteiger partial charge on any atom is 0.252 e. The molecule has 0 aliphatic heterocycles. The van der Waals surface area contributed by atoms with Crippen molar-refractivity contribution in [2.24, 2.45) is 11.7 Å². The van der Waals surface area contributed by atoms with E-state index in [0.717, 1.165) is 0 Å². The Morgan fingerprint density at radius 1 is 1.32 bits per heavy atom. The SMILES string of the molecule is COc1ccc(S(=O)(=O)NC(Cn2nccn2)C(C)C)cc1C(N)=O. The van der Waals surface area contributed by atoms with Gasteiger partial charge in [0.2, 0.25) is 10.0 Å². The second-order valence-corrected chi connectivity index (χ2v) is 7.50. The van der Waals surface area contributed by atoms with Gasteiger partial charge in [0.25, 0.3) is 5.91 Å². The van der Waals surface area contributed by atoms with Gasteiger partial charge in [-0.3, -0.25) is 4.79 Å². The molecule has 1 atom stereocenters. The van der Waals surface area contributed by atoms with E-state index >= 15 is 0 Å². The Morgan fingerprint density at radius 2 is 1.96 bits per heavy atom. The van der Waals surface area contributed by atoms with Crippen molar-refractivity contribution in [2.75, 3.05) is 7.11 Å². The molecule has 3 N–H and O–H groups in total. The number of sulfonamides is 1. The first kappa shape index (κ1) is 18.9. The third-order valence-electron chi connectivity index (χ3n) is 3.68. The lowest BCUT2D eigenvalue weighted by molar-refractivity contribution is 0.0997. The molecular weight excluding hydrogens is 346 g/mol. The second-order valence-electron chi connectivity index (χ2n) is 5.78. The summed E-state index contributed by atoms with van der Waals surface area (Å²) in [6.45, 7) is 4.06. The molecule has 1 amide bonds. The molecule has 0 saturated carbocycles. The predicted octanol–water partition coefficient (Wildman–Crippen LogP) is 0.389. The van der Waals surface area contributed by atoms with Crippen molar-refractivity contribution in [2.45, 2.75) is 31.3 Å². The molecule has 25 heavy (non-hydrogen) atoms. The van der Waals surface area contributed by atoms with E-state index in [1.807, 2.05) is 13.8 Å². The lowest BCUT2D eigenvalue weighted by atomic mass is 10.1. The van der Waals surface area contributed by atoms with Gasteiger partial charge in [-0.2, -0.15) is 15.0 Å². The van der Waals surface area contributed by atoms with E-state index in [2.05, 4.69) is 14.9 Å². The predicted molar refractivity (Wildman–Crippen MR) is 90.5 cm³/mol. The van der Waals surface area contributed by atoms with Crippen LogP contribution in [0.2, 0.25) is 0 Å². The van der Waals surface area contributed by atoms with Gasteiger partial charge in [-0.05, 0) is 24.1 Å². The van der Waals surface area contributed by atoms with Gasteiger partial charge in [-0.15, -0.1) is 0 Å². The fourth-order valence-electron chi connectivity index (χ4n) is 2.21. The molecule has 0 radical (unpaired) electrons. The summed E-state index contributed by atoms with van der Waals surface area (Å²) < 4.78 is 33.0. The molecule has 0 spiro atoms. The van der Waals surface area contributed by atoms with Gasteiger partial charge in [0.05, 0.1) is 36.5 Å². The zero-order chi connectivity index (χ0) is 18.6. The summed E-state index contributed by atoms with van der Waals surface area (Å²) in [6.07, 6.45) is 3.04. The summed E-state index contributed by atoms with van der Waals surface area (Å²) in [6, 6.07) is 3.52. The minimum Gasteiger partial charge on any atom is -0.496 e. The van der Waals surface area contributed by atoms with Crippen LogP contribution in [0.1, 0.15) is 24.2 Å². The molecule has 0 saturated heterocycles. The van der Waals surface area contributed by atoms with Gasteiger partial charge in [0.15, 0.2) is 0 Å². The number of amides is 1. The highest BCUT2D eigenvalue weighted by Crippen LogP contribution is 2.22. The highest BCUT2D eigenvalue weighted by molar-refractivity contribution is 7.89. The van der Waals surface area contributed by atoms with E-state index in [1.54, 1.807) is 0 Å². The first-order valence-electron chi connectivity index (χ1n) is 7.59. The van der Waals surface area contributed by atoms with E-state index in [4.69, 9.17) is 10.5 Å². The topological polar surface area (TPSA) is 129 Å². The zero-order valence-electron chi connectivity index (χ0n) is 14.2. The van der Waals surface area contributed by atoms with Crippen LogP contribution in [0.25, 0.3) is 0 Å². The third-order valence-corrected chi connectivity index (χ3v) is 5.17. The number of methoxy groups -OCH3 is 1. The first-order valence-corrected chi connectivity index (χ1v) is 9.07. The molecule has 1 aromatic carbocycles. The monoisotopic (exact) mass is 367 g/mol. The largest absolute Gasteiger partial charge is 0.496 e. The number of benzene rings is 1. The number of hydrogen-bond acceptors (Lipinski definition) is 6. The van der Waals surface area contributed by atoms with Crippen molar-refractivity contribution < 1.29 is 17.9 Å². The lowest BCUT2D eigenvalue weighted by Gasteiger charge is -2.22. The molecule has 136 valence electrons. The summed E-state index contributed by atoms with van der Waals surface area (Å²) in [5.41, 5.74) is 5.29. The summed E-state index contributed by atoms with van der Waals surface area (Å²) >= 11 is 0. The standard InChI is InChI=1S/C15H21N5O4S/c1-10(2)13(9-20-17-6-7-18-20)19-25(22,23)11-4-5-14(24-3)12(8-11)15(16)21/h4-8,10,13,19H,9H2,1-3H3,(H2,16,21). The minimum absolute atomic E-state index is 0.000199. The van der Waals surface area contributed by atoms with Crippen LogP contribution in [-0.2, 0) is 16.6 Å². The molecule has 0 aliphatic rings. The quantitative estimate of drug-likeness (QED) is 0.694. The number of nitrogens with one attached hydrogen (secondary N) is 1. The number of ether oxygens (including phenoxy) is 1. The Bertz CT molecular complexity index is 834. The number of nitrogens with zero attached hydrogens (tertiary/aromatic N) is 3. The normalized spacial score (nSPS) is 13.0. The second kappa shape index (κ2) is 7.62. The fourth-order valence-corrected chi connectivity index (χ4v) is 3.61. The van der Waals surface area contributed by atoms with Gasteiger partial charge in [-0.1, -0.05) is 13.8 Å². The number of aromatic nitrogens is 3. The third kappa shape index (κ3) is 4.54. The number of primary amides is 1. The van der Waals surface area contributed by atoms with Crippen molar-refractivity contribution in [3.8, 4) is 5.75 Å². The van der Waals surface area contributed by atoms with Gasteiger partial charge in [0, 0.05) is 6.04 Å². The van der Waals surface area contributed by atoms with Crippen LogP contribution in [0.3, 0.4) is 0 Å². The first-order chi connectivity index (χ1) is 11.7. The van der Waals surface area contributed by atoms with Crippen molar-refractivity contribution in [3.63, 3.8) is 0 Å². The van der Waals surface area contributed by atoms with Crippen LogP contribution in [0.4, 0.5) is 0 Å². The van der Waals surface area contributed by atoms with Crippen LogP contribution in [0.15, 0.2) is 35.5 Å². The average molecular weight is 367 g/mol. The number of rotatable bonds is 8. The molecule has 2 aromatic rings. The maximum atomic E-state index is 12.7. The molecule has 1 unspecified atom stereocenters. The number of carbonyl (C=O) groups excluding carboxylic acids is 1. The molecule has 10 heteroatoms. The van der Waals surface area contributed by atoms with Crippen LogP contribution < -0.4 is 15.2 Å². The Labute approximate surface area is 146 Å². The smallest absolute Gasteiger partial charge is 0.252 e. The Kier molecular flexibility index (Phi) is 5.75. The zero-order valence-corrected chi connectivity index (χ0v) is 15.0. The van der Waals surface area contributed by atoms with E-state index < -0.39 is 22.0 Å². The van der Waals surface area contributed by atoms with E-state index in [0.29, 0.717) is 0 Å². The molecule has 2 rings (SSSR count).